The molecule has 4 aliphatic rings. The van der Waals surface area contributed by atoms with E-state index in [1.165, 1.54) is 5.56 Å². The maximum atomic E-state index is 14.2. The number of para-hydroxylation sites is 2. The van der Waals surface area contributed by atoms with Crippen molar-refractivity contribution < 1.29 is 43.0 Å². The van der Waals surface area contributed by atoms with Crippen molar-refractivity contribution in [1.29, 1.82) is 0 Å². The first-order valence-corrected chi connectivity index (χ1v) is 28.8. The standard InChI is InChI=1S/C61H67N5O9S2/c1-36-23-49-50(62-33-47-29-44-15-9-11-17-52(44)66(47)60(49)72)32-54(36)74-34-40-25-41(35-75-56-30-42-18-19-46-28-43-14-8-10-16-51(43)65(46)59(71)48(42)31-55(56)73-7)27-45(26-40)64-58(70)37(2)24-53(68)39(4)63-57(69)20-21-61(5,6)77-76-22-12-13-38(3)67/h8-11,14-17,23,25-27,30-33,37,39,46-47H,12-13,18-22,24,28-29,34-35H2,1-7H3,(H,63,69)(H,64,70)/t37-,39+,46-,47+/m1/s1. The van der Waals surface area contributed by atoms with E-state index in [1.807, 2.05) is 95.7 Å². The van der Waals surface area contributed by atoms with Crippen LogP contribution in [-0.4, -0.2) is 77.1 Å². The Kier molecular flexibility index (Phi) is 16.9. The Morgan fingerprint density at radius 1 is 0.792 bits per heavy atom. The number of nitrogens with zero attached hydrogens (tertiary/aromatic N) is 3. The van der Waals surface area contributed by atoms with Crippen molar-refractivity contribution in [1.82, 2.24) is 5.32 Å². The fourth-order valence-corrected chi connectivity index (χ4v) is 13.2. The lowest BCUT2D eigenvalue weighted by Crippen LogP contribution is -2.40. The zero-order chi connectivity index (χ0) is 54.5. The van der Waals surface area contributed by atoms with Crippen molar-refractivity contribution in [3.8, 4) is 17.2 Å². The molecule has 0 fully saturated rings. The number of aliphatic imine (C=N–C) groups is 1. The molecule has 4 atom stereocenters. The van der Waals surface area contributed by atoms with E-state index in [4.69, 9.17) is 19.2 Å². The average Bonchev–Trinajstić information content (AvgIpc) is 3.95. The van der Waals surface area contributed by atoms with Gasteiger partial charge in [0.15, 0.2) is 17.3 Å². The van der Waals surface area contributed by atoms with Crippen molar-refractivity contribution in [2.75, 3.05) is 28.0 Å². The first-order chi connectivity index (χ1) is 36.9. The number of ether oxygens (including phenoxy) is 3. The smallest absolute Gasteiger partial charge is 0.261 e. The summed E-state index contributed by atoms with van der Waals surface area (Å²) in [5, 5.41) is 5.86. The Balaban J connectivity index is 0.891. The number of aryl methyl sites for hydroxylation is 2. The highest BCUT2D eigenvalue weighted by Crippen LogP contribution is 2.43. The highest BCUT2D eigenvalue weighted by Gasteiger charge is 2.39. The van der Waals surface area contributed by atoms with Crippen molar-refractivity contribution in [3.63, 3.8) is 0 Å². The predicted octanol–water partition coefficient (Wildman–Crippen LogP) is 11.3. The summed E-state index contributed by atoms with van der Waals surface area (Å²) in [5.41, 5.74) is 9.22. The van der Waals surface area contributed by atoms with Gasteiger partial charge in [0.25, 0.3) is 11.8 Å². The summed E-state index contributed by atoms with van der Waals surface area (Å²) in [6.45, 7) is 11.1. The summed E-state index contributed by atoms with van der Waals surface area (Å²) in [6, 6.07) is 27.9. The lowest BCUT2D eigenvalue weighted by molar-refractivity contribution is -0.129. The Morgan fingerprint density at radius 2 is 1.47 bits per heavy atom. The molecular formula is C61H67N5O9S2. The van der Waals surface area contributed by atoms with Crippen LogP contribution in [0.2, 0.25) is 0 Å². The maximum absolute atomic E-state index is 14.2. The van der Waals surface area contributed by atoms with Gasteiger partial charge in [0.2, 0.25) is 11.8 Å². The van der Waals surface area contributed by atoms with Gasteiger partial charge in [-0.3, -0.25) is 33.9 Å². The number of rotatable bonds is 22. The minimum Gasteiger partial charge on any atom is -0.493 e. The normalized spacial score (nSPS) is 16.9. The number of ketones is 2. The molecule has 16 heteroatoms. The van der Waals surface area contributed by atoms with Crippen molar-refractivity contribution in [2.24, 2.45) is 10.9 Å². The molecule has 77 heavy (non-hydrogen) atoms. The van der Waals surface area contributed by atoms with Crippen LogP contribution in [0.25, 0.3) is 0 Å². The van der Waals surface area contributed by atoms with E-state index in [2.05, 4.69) is 30.5 Å². The number of Topliss-reactive ketones (excluding diaryl/α,β-unsaturated/α-hetero) is 2. The first-order valence-electron chi connectivity index (χ1n) is 26.5. The zero-order valence-electron chi connectivity index (χ0n) is 44.9. The van der Waals surface area contributed by atoms with Crippen LogP contribution in [0.4, 0.5) is 22.7 Å². The molecule has 0 saturated heterocycles. The summed E-state index contributed by atoms with van der Waals surface area (Å²) in [4.78, 5) is 88.4. The summed E-state index contributed by atoms with van der Waals surface area (Å²) < 4.78 is 18.7. The molecule has 0 aromatic heterocycles. The molecule has 0 radical (unpaired) electrons. The molecule has 5 aromatic rings. The number of nitrogens with one attached hydrogen (secondary N) is 2. The number of fused-ring (bicyclic) bond motifs is 8. The van der Waals surface area contributed by atoms with Crippen molar-refractivity contribution >= 4 is 85.7 Å². The highest BCUT2D eigenvalue weighted by atomic mass is 33.1. The third-order valence-corrected chi connectivity index (χ3v) is 18.2. The van der Waals surface area contributed by atoms with E-state index in [0.29, 0.717) is 76.6 Å². The monoisotopic (exact) mass is 1080 g/mol. The Morgan fingerprint density at radius 3 is 2.18 bits per heavy atom. The van der Waals surface area contributed by atoms with Crippen LogP contribution in [0.3, 0.4) is 0 Å². The van der Waals surface area contributed by atoms with Crippen molar-refractivity contribution in [3.05, 3.63) is 136 Å². The fourth-order valence-electron chi connectivity index (χ4n) is 10.5. The molecular weight excluding hydrogens is 1010 g/mol. The molecule has 4 aliphatic heterocycles. The molecule has 5 aromatic carbocycles. The van der Waals surface area contributed by atoms with E-state index in [1.54, 1.807) is 61.6 Å². The lowest BCUT2D eigenvalue weighted by atomic mass is 9.99. The Bertz CT molecular complexity index is 3160. The highest BCUT2D eigenvalue weighted by molar-refractivity contribution is 8.77. The molecule has 14 nitrogen and oxygen atoms in total. The van der Waals surface area contributed by atoms with Gasteiger partial charge in [0.1, 0.15) is 24.7 Å². The quantitative estimate of drug-likeness (QED) is 0.0499. The van der Waals surface area contributed by atoms with Crippen LogP contribution in [0, 0.1) is 12.8 Å². The Labute approximate surface area is 458 Å². The molecule has 0 unspecified atom stereocenters. The molecule has 0 aliphatic carbocycles. The minimum absolute atomic E-state index is 0.0606. The number of methoxy groups -OCH3 is 1. The van der Waals surface area contributed by atoms with Crippen LogP contribution in [0.15, 0.2) is 96.0 Å². The predicted molar refractivity (Wildman–Crippen MR) is 306 cm³/mol. The number of amides is 4. The molecule has 0 saturated carbocycles. The van der Waals surface area contributed by atoms with E-state index < -0.39 is 12.0 Å². The van der Waals surface area contributed by atoms with Crippen LogP contribution >= 0.6 is 21.6 Å². The average molecular weight is 1080 g/mol. The van der Waals surface area contributed by atoms with E-state index in [0.717, 1.165) is 53.1 Å². The SMILES string of the molecule is COc1cc2c(cc1OCc1cc(COc3cc4c(cc3C)C(=O)N3c5ccccc5C[C@H]3C=N4)cc(NC(=O)[C@H](C)CC(=O)[C@H](C)NC(=O)CCC(C)(C)SSCCCC(C)=O)c1)CC[C@@H]1Cc3ccccc3N1C2=O. The lowest BCUT2D eigenvalue weighted by Gasteiger charge is -2.23. The van der Waals surface area contributed by atoms with E-state index in [9.17, 15) is 28.8 Å². The first kappa shape index (κ1) is 54.9. The minimum atomic E-state index is -0.787. The molecule has 2 N–H and O–H groups in total. The molecule has 9 rings (SSSR count). The van der Waals surface area contributed by atoms with Gasteiger partial charge in [-0.05, 0) is 149 Å². The third kappa shape index (κ3) is 12.8. The van der Waals surface area contributed by atoms with Gasteiger partial charge < -0.3 is 34.5 Å². The van der Waals surface area contributed by atoms with Crippen LogP contribution in [0.5, 0.6) is 17.2 Å². The molecule has 0 bridgehead atoms. The van der Waals surface area contributed by atoms with Gasteiger partial charge in [0, 0.05) is 83.0 Å². The second kappa shape index (κ2) is 23.8. The third-order valence-electron chi connectivity index (χ3n) is 14.7. The van der Waals surface area contributed by atoms with Crippen molar-refractivity contribution in [2.45, 2.75) is 135 Å². The maximum Gasteiger partial charge on any atom is 0.261 e. The Hall–Kier alpha value is -6.91. The summed E-state index contributed by atoms with van der Waals surface area (Å²) in [5.74, 6) is 0.680. The molecule has 4 heterocycles. The molecule has 4 amide bonds. The van der Waals surface area contributed by atoms with Crippen LogP contribution in [-0.2, 0) is 51.7 Å². The number of carbonyl (C=O) groups excluding carboxylic acids is 6. The van der Waals surface area contributed by atoms with Crippen LogP contribution in [0.1, 0.15) is 127 Å². The second-order valence-electron chi connectivity index (χ2n) is 21.3. The summed E-state index contributed by atoms with van der Waals surface area (Å²) >= 11 is 0. The van der Waals surface area contributed by atoms with Crippen LogP contribution < -0.4 is 34.6 Å². The summed E-state index contributed by atoms with van der Waals surface area (Å²) in [7, 11) is 4.94. The van der Waals surface area contributed by atoms with Gasteiger partial charge in [-0.2, -0.15) is 0 Å². The molecule has 0 spiro atoms. The number of benzene rings is 5. The number of hydrogen-bond acceptors (Lipinski definition) is 12. The molecule has 402 valence electrons. The second-order valence-corrected chi connectivity index (χ2v) is 24.4. The zero-order valence-corrected chi connectivity index (χ0v) is 46.5. The van der Waals surface area contributed by atoms with E-state index in [-0.39, 0.29) is 78.1 Å². The van der Waals surface area contributed by atoms with E-state index >= 15 is 0 Å². The van der Waals surface area contributed by atoms with Gasteiger partial charge >= 0.3 is 0 Å². The van der Waals surface area contributed by atoms with Gasteiger partial charge in [-0.25, -0.2) is 0 Å². The number of anilines is 3. The number of hydrogen-bond donors (Lipinski definition) is 2. The fraction of sp³-hybridized carbons (Fsp3) is 0.393. The van der Waals surface area contributed by atoms with Gasteiger partial charge in [-0.15, -0.1) is 0 Å². The largest absolute Gasteiger partial charge is 0.493 e. The topological polar surface area (TPSA) is 173 Å². The number of carbonyl (C=O) groups is 6. The summed E-state index contributed by atoms with van der Waals surface area (Å²) in [6.07, 6.45) is 6.94. The van der Waals surface area contributed by atoms with Gasteiger partial charge in [-0.1, -0.05) is 64.9 Å². The van der Waals surface area contributed by atoms with Gasteiger partial charge in [0.05, 0.1) is 30.4 Å².